The van der Waals surface area contributed by atoms with Crippen LogP contribution in [0, 0.1) is 11.8 Å². The summed E-state index contributed by atoms with van der Waals surface area (Å²) in [6.07, 6.45) is 1.98. The molecule has 15 heavy (non-hydrogen) atoms. The molecule has 0 spiro atoms. The van der Waals surface area contributed by atoms with Crippen LogP contribution in [0.15, 0.2) is 0 Å². The highest BCUT2D eigenvalue weighted by Gasteiger charge is 2.28. The summed E-state index contributed by atoms with van der Waals surface area (Å²) in [6.45, 7) is 12.1. The van der Waals surface area contributed by atoms with Gasteiger partial charge in [-0.05, 0) is 40.7 Å². The number of likely N-dealkylation sites (N-methyl/N-ethyl adjacent to an activating group) is 1. The first-order valence-corrected chi connectivity index (χ1v) is 5.85. The zero-order valence-electron chi connectivity index (χ0n) is 10.8. The van der Waals surface area contributed by atoms with Gasteiger partial charge in [0.25, 0.3) is 0 Å². The van der Waals surface area contributed by atoms with Gasteiger partial charge in [-0.1, -0.05) is 6.92 Å². The van der Waals surface area contributed by atoms with Crippen LogP contribution in [0.2, 0.25) is 0 Å². The van der Waals surface area contributed by atoms with Crippen LogP contribution in [0.25, 0.3) is 0 Å². The summed E-state index contributed by atoms with van der Waals surface area (Å²) in [5.41, 5.74) is -0.111. The van der Waals surface area contributed by atoms with Gasteiger partial charge in [-0.2, -0.15) is 0 Å². The molecular weight excluding hydrogens is 186 g/mol. The lowest BCUT2D eigenvalue weighted by Gasteiger charge is -2.34. The summed E-state index contributed by atoms with van der Waals surface area (Å²) >= 11 is 0. The summed E-state index contributed by atoms with van der Waals surface area (Å²) in [5.74, 6) is 6.04. The van der Waals surface area contributed by atoms with E-state index >= 15 is 0 Å². The van der Waals surface area contributed by atoms with E-state index in [1.807, 2.05) is 13.8 Å². The molecule has 0 amide bonds. The molecule has 1 atom stereocenters. The van der Waals surface area contributed by atoms with Crippen LogP contribution >= 0.6 is 0 Å². The maximum Gasteiger partial charge on any atom is 0.0778 e. The van der Waals surface area contributed by atoms with Gasteiger partial charge in [0, 0.05) is 19.1 Å². The molecule has 88 valence electrons. The van der Waals surface area contributed by atoms with Crippen molar-refractivity contribution in [1.82, 2.24) is 5.32 Å². The average molecular weight is 211 g/mol. The number of hydrogen-bond acceptors (Lipinski definition) is 2. The van der Waals surface area contributed by atoms with Gasteiger partial charge in [-0.3, -0.25) is 0 Å². The van der Waals surface area contributed by atoms with Gasteiger partial charge < -0.3 is 10.1 Å². The SMILES string of the molecule is CC#CCCC(NCC)C(C)(C)OCC. The Morgan fingerprint density at radius 1 is 1.33 bits per heavy atom. The first-order valence-electron chi connectivity index (χ1n) is 5.85. The van der Waals surface area contributed by atoms with Gasteiger partial charge in [-0.25, -0.2) is 0 Å². The molecule has 0 aliphatic carbocycles. The first-order chi connectivity index (χ1) is 7.08. The van der Waals surface area contributed by atoms with Crippen molar-refractivity contribution in [1.29, 1.82) is 0 Å². The molecule has 1 unspecified atom stereocenters. The van der Waals surface area contributed by atoms with Gasteiger partial charge in [0.05, 0.1) is 5.60 Å². The third-order valence-electron chi connectivity index (χ3n) is 2.54. The van der Waals surface area contributed by atoms with Gasteiger partial charge in [0.1, 0.15) is 0 Å². The lowest BCUT2D eigenvalue weighted by atomic mass is 9.94. The summed E-state index contributed by atoms with van der Waals surface area (Å²) in [6, 6.07) is 0.378. The monoisotopic (exact) mass is 211 g/mol. The van der Waals surface area contributed by atoms with Crippen LogP contribution in [-0.4, -0.2) is 24.8 Å². The Morgan fingerprint density at radius 3 is 2.47 bits per heavy atom. The number of ether oxygens (including phenoxy) is 1. The van der Waals surface area contributed by atoms with Gasteiger partial charge in [0.15, 0.2) is 0 Å². The topological polar surface area (TPSA) is 21.3 Å². The molecule has 0 radical (unpaired) electrons. The molecule has 0 saturated carbocycles. The predicted molar refractivity (Wildman–Crippen MR) is 65.9 cm³/mol. The van der Waals surface area contributed by atoms with E-state index in [0.717, 1.165) is 26.0 Å². The molecule has 0 fully saturated rings. The van der Waals surface area contributed by atoms with Crippen molar-refractivity contribution < 1.29 is 4.74 Å². The van der Waals surface area contributed by atoms with E-state index in [1.54, 1.807) is 0 Å². The summed E-state index contributed by atoms with van der Waals surface area (Å²) < 4.78 is 5.76. The Labute approximate surface area is 94.8 Å². The summed E-state index contributed by atoms with van der Waals surface area (Å²) in [7, 11) is 0. The van der Waals surface area contributed by atoms with E-state index in [9.17, 15) is 0 Å². The molecule has 0 heterocycles. The highest BCUT2D eigenvalue weighted by Crippen LogP contribution is 2.18. The second-order valence-corrected chi connectivity index (χ2v) is 4.11. The number of hydrogen-bond donors (Lipinski definition) is 1. The lowest BCUT2D eigenvalue weighted by Crippen LogP contribution is -2.48. The fourth-order valence-electron chi connectivity index (χ4n) is 1.76. The average Bonchev–Trinajstić information content (AvgIpc) is 2.16. The highest BCUT2D eigenvalue weighted by atomic mass is 16.5. The molecule has 0 aromatic carbocycles. The van der Waals surface area contributed by atoms with Crippen molar-refractivity contribution in [2.75, 3.05) is 13.2 Å². The van der Waals surface area contributed by atoms with Crippen LogP contribution in [0.1, 0.15) is 47.5 Å². The third-order valence-corrected chi connectivity index (χ3v) is 2.54. The molecule has 2 heteroatoms. The van der Waals surface area contributed by atoms with E-state index in [4.69, 9.17) is 4.74 Å². The van der Waals surface area contributed by atoms with E-state index in [0.29, 0.717) is 6.04 Å². The smallest absolute Gasteiger partial charge is 0.0778 e. The van der Waals surface area contributed by atoms with Crippen LogP contribution in [0.4, 0.5) is 0 Å². The van der Waals surface area contributed by atoms with Crippen LogP contribution in [0.5, 0.6) is 0 Å². The molecule has 0 saturated heterocycles. The van der Waals surface area contributed by atoms with Gasteiger partial charge >= 0.3 is 0 Å². The van der Waals surface area contributed by atoms with Crippen molar-refractivity contribution in [3.05, 3.63) is 0 Å². The largest absolute Gasteiger partial charge is 0.374 e. The minimum Gasteiger partial charge on any atom is -0.374 e. The minimum atomic E-state index is -0.111. The molecule has 0 aliphatic rings. The fourth-order valence-corrected chi connectivity index (χ4v) is 1.76. The van der Waals surface area contributed by atoms with Crippen LogP contribution in [0.3, 0.4) is 0 Å². The van der Waals surface area contributed by atoms with Crippen molar-refractivity contribution >= 4 is 0 Å². The van der Waals surface area contributed by atoms with Gasteiger partial charge in [-0.15, -0.1) is 11.8 Å². The zero-order chi connectivity index (χ0) is 11.7. The van der Waals surface area contributed by atoms with E-state index < -0.39 is 0 Å². The Kier molecular flexibility index (Phi) is 7.46. The second-order valence-electron chi connectivity index (χ2n) is 4.11. The van der Waals surface area contributed by atoms with Crippen LogP contribution in [-0.2, 0) is 4.74 Å². The Bertz CT molecular complexity index is 212. The van der Waals surface area contributed by atoms with E-state index in [2.05, 4.69) is 37.9 Å². The normalized spacial score (nSPS) is 13.1. The highest BCUT2D eigenvalue weighted by molar-refractivity contribution is 4.97. The van der Waals surface area contributed by atoms with Crippen LogP contribution < -0.4 is 5.32 Å². The molecule has 0 aromatic rings. The van der Waals surface area contributed by atoms with Gasteiger partial charge in [0.2, 0.25) is 0 Å². The molecule has 0 rings (SSSR count). The number of nitrogens with one attached hydrogen (secondary N) is 1. The molecule has 2 nitrogen and oxygen atoms in total. The molecule has 0 aliphatic heterocycles. The molecule has 1 N–H and O–H groups in total. The van der Waals surface area contributed by atoms with Crippen molar-refractivity contribution in [2.45, 2.75) is 59.1 Å². The maximum atomic E-state index is 5.76. The van der Waals surface area contributed by atoms with E-state index in [1.165, 1.54) is 0 Å². The fraction of sp³-hybridized carbons (Fsp3) is 0.846. The standard InChI is InChI=1S/C13H25NO/c1-6-9-10-11-12(14-7-2)13(4,5)15-8-3/h12,14H,7-8,10-11H2,1-5H3. The minimum absolute atomic E-state index is 0.111. The molecular formula is C13H25NO. The van der Waals surface area contributed by atoms with E-state index in [-0.39, 0.29) is 5.60 Å². The Balaban J connectivity index is 4.26. The lowest BCUT2D eigenvalue weighted by molar-refractivity contribution is -0.0393. The zero-order valence-corrected chi connectivity index (χ0v) is 10.8. The predicted octanol–water partition coefficient (Wildman–Crippen LogP) is 2.58. The third kappa shape index (κ3) is 5.81. The quantitative estimate of drug-likeness (QED) is 0.654. The van der Waals surface area contributed by atoms with Crippen molar-refractivity contribution in [2.24, 2.45) is 0 Å². The molecule has 0 bridgehead atoms. The summed E-state index contributed by atoms with van der Waals surface area (Å²) in [5, 5.41) is 3.47. The number of rotatable bonds is 7. The Morgan fingerprint density at radius 2 is 2.00 bits per heavy atom. The second kappa shape index (κ2) is 7.73. The molecule has 0 aromatic heterocycles. The Hall–Kier alpha value is -0.520. The maximum absolute atomic E-state index is 5.76. The van der Waals surface area contributed by atoms with Crippen molar-refractivity contribution in [3.8, 4) is 11.8 Å². The first kappa shape index (κ1) is 14.5. The summed E-state index contributed by atoms with van der Waals surface area (Å²) in [4.78, 5) is 0. The van der Waals surface area contributed by atoms with Crippen molar-refractivity contribution in [3.63, 3.8) is 0 Å².